The van der Waals surface area contributed by atoms with Crippen molar-refractivity contribution in [2.45, 2.75) is 24.3 Å². The third-order valence-corrected chi connectivity index (χ3v) is 4.93. The van der Waals surface area contributed by atoms with E-state index in [-0.39, 0.29) is 26.6 Å². The molecule has 1 unspecified atom stereocenters. The smallest absolute Gasteiger partial charge is 0.243 e. The fraction of sp³-hybridized carbons (Fsp3) is 0.400. The normalized spacial score (nSPS) is 13.6. The zero-order valence-corrected chi connectivity index (χ0v) is 12.5. The van der Waals surface area contributed by atoms with E-state index in [1.165, 1.54) is 12.1 Å². The minimum Gasteiger partial charge on any atom is -0.395 e. The van der Waals surface area contributed by atoms with Crippen LogP contribution in [0.4, 0.5) is 0 Å². The Hall–Kier alpha value is -0.0400. The van der Waals surface area contributed by atoms with Crippen molar-refractivity contribution in [2.24, 2.45) is 0 Å². The molecule has 1 aromatic carbocycles. The lowest BCUT2D eigenvalue weighted by atomic mass is 10.3. The second-order valence-electron chi connectivity index (χ2n) is 3.61. The quantitative estimate of drug-likeness (QED) is 0.871. The predicted molar refractivity (Wildman–Crippen MR) is 73.0 cm³/mol. The molecule has 0 saturated heterocycles. The Bertz CT molecular complexity index is 506. The van der Waals surface area contributed by atoms with Crippen LogP contribution in [0.5, 0.6) is 0 Å². The number of benzene rings is 1. The molecule has 0 aromatic heterocycles. The molecule has 0 amide bonds. The topological polar surface area (TPSA) is 66.4 Å². The molecule has 1 aromatic rings. The van der Waals surface area contributed by atoms with Gasteiger partial charge in [-0.3, -0.25) is 0 Å². The molecule has 0 aliphatic rings. The first kappa shape index (κ1) is 16.0. The second-order valence-corrected chi connectivity index (χ2v) is 6.51. The van der Waals surface area contributed by atoms with Crippen LogP contribution in [0.2, 0.25) is 15.1 Å². The number of nitrogens with one attached hydrogen (secondary N) is 1. The Morgan fingerprint density at radius 3 is 2.17 bits per heavy atom. The lowest BCUT2D eigenvalue weighted by Gasteiger charge is -2.16. The van der Waals surface area contributed by atoms with Gasteiger partial charge in [0, 0.05) is 11.1 Å². The van der Waals surface area contributed by atoms with Gasteiger partial charge in [0.25, 0.3) is 0 Å². The molecule has 1 atom stereocenters. The van der Waals surface area contributed by atoms with E-state index in [0.717, 1.165) is 0 Å². The van der Waals surface area contributed by atoms with Crippen molar-refractivity contribution in [3.63, 3.8) is 0 Å². The summed E-state index contributed by atoms with van der Waals surface area (Å²) in [7, 11) is -3.89. The van der Waals surface area contributed by atoms with Crippen LogP contribution >= 0.6 is 34.8 Å². The van der Waals surface area contributed by atoms with E-state index in [2.05, 4.69) is 4.72 Å². The van der Waals surface area contributed by atoms with E-state index in [9.17, 15) is 8.42 Å². The summed E-state index contributed by atoms with van der Waals surface area (Å²) < 4.78 is 26.5. The summed E-state index contributed by atoms with van der Waals surface area (Å²) in [6.45, 7) is 1.44. The number of rotatable bonds is 5. The Morgan fingerprint density at radius 1 is 1.28 bits per heavy atom. The van der Waals surface area contributed by atoms with E-state index < -0.39 is 16.1 Å². The van der Waals surface area contributed by atoms with Gasteiger partial charge in [0.05, 0.1) is 16.7 Å². The molecule has 102 valence electrons. The van der Waals surface area contributed by atoms with Gasteiger partial charge in [-0.05, 0) is 18.6 Å². The van der Waals surface area contributed by atoms with E-state index in [4.69, 9.17) is 39.9 Å². The van der Waals surface area contributed by atoms with Crippen molar-refractivity contribution in [3.8, 4) is 0 Å². The van der Waals surface area contributed by atoms with Gasteiger partial charge in [-0.1, -0.05) is 41.7 Å². The van der Waals surface area contributed by atoms with Crippen molar-refractivity contribution in [2.75, 3.05) is 6.61 Å². The minimum atomic E-state index is -3.89. The molecule has 0 spiro atoms. The highest BCUT2D eigenvalue weighted by molar-refractivity contribution is 7.89. The second kappa shape index (κ2) is 6.41. The SMILES string of the molecule is CCC(CO)NS(=O)(=O)c1c(Cl)cc(Cl)cc1Cl. The van der Waals surface area contributed by atoms with Gasteiger partial charge < -0.3 is 5.11 Å². The molecule has 1 rings (SSSR count). The van der Waals surface area contributed by atoms with Crippen molar-refractivity contribution >= 4 is 44.8 Å². The van der Waals surface area contributed by atoms with E-state index in [0.29, 0.717) is 6.42 Å². The predicted octanol–water partition coefficient (Wildman–Crippen LogP) is 2.70. The Kier molecular flexibility index (Phi) is 5.70. The number of hydrogen-bond acceptors (Lipinski definition) is 3. The average molecular weight is 333 g/mol. The van der Waals surface area contributed by atoms with Gasteiger partial charge in [-0.2, -0.15) is 0 Å². The number of aliphatic hydroxyl groups is 1. The van der Waals surface area contributed by atoms with Gasteiger partial charge in [0.2, 0.25) is 10.0 Å². The van der Waals surface area contributed by atoms with Crippen molar-refractivity contribution in [1.29, 1.82) is 0 Å². The summed E-state index contributed by atoms with van der Waals surface area (Å²) in [5, 5.41) is 9.13. The highest BCUT2D eigenvalue weighted by atomic mass is 35.5. The van der Waals surface area contributed by atoms with Crippen molar-refractivity contribution < 1.29 is 13.5 Å². The summed E-state index contributed by atoms with van der Waals surface area (Å²) in [6.07, 6.45) is 0.443. The third kappa shape index (κ3) is 3.73. The summed E-state index contributed by atoms with van der Waals surface area (Å²) in [4.78, 5) is -0.234. The number of halogens is 3. The highest BCUT2D eigenvalue weighted by Crippen LogP contribution is 2.32. The Labute approximate surface area is 121 Å². The first-order valence-corrected chi connectivity index (χ1v) is 7.71. The van der Waals surface area contributed by atoms with Crippen LogP contribution in [0, 0.1) is 0 Å². The number of hydrogen-bond donors (Lipinski definition) is 2. The summed E-state index contributed by atoms with van der Waals surface area (Å²) >= 11 is 17.4. The molecular formula is C10H12Cl3NO3S. The molecule has 0 radical (unpaired) electrons. The molecule has 0 aliphatic carbocycles. The molecule has 0 aliphatic heterocycles. The minimum absolute atomic E-state index is 0.0622. The fourth-order valence-corrected chi connectivity index (χ4v) is 4.17. The maximum atomic E-state index is 12.1. The molecule has 2 N–H and O–H groups in total. The first-order valence-electron chi connectivity index (χ1n) is 5.09. The maximum Gasteiger partial charge on any atom is 0.243 e. The molecule has 8 heteroatoms. The zero-order valence-electron chi connectivity index (χ0n) is 9.45. The summed E-state index contributed by atoms with van der Waals surface area (Å²) in [5.41, 5.74) is 0. The number of sulfonamides is 1. The van der Waals surface area contributed by atoms with Gasteiger partial charge in [-0.15, -0.1) is 0 Å². The largest absolute Gasteiger partial charge is 0.395 e. The van der Waals surface area contributed by atoms with E-state index >= 15 is 0 Å². The highest BCUT2D eigenvalue weighted by Gasteiger charge is 2.24. The molecule has 18 heavy (non-hydrogen) atoms. The van der Waals surface area contributed by atoms with Crippen LogP contribution < -0.4 is 4.72 Å². The van der Waals surface area contributed by atoms with Crippen LogP contribution in [-0.4, -0.2) is 26.2 Å². The molecule has 0 saturated carbocycles. The number of aliphatic hydroxyl groups excluding tert-OH is 1. The van der Waals surface area contributed by atoms with Gasteiger partial charge >= 0.3 is 0 Å². The zero-order chi connectivity index (χ0) is 13.9. The summed E-state index contributed by atoms with van der Waals surface area (Å²) in [6, 6.07) is 2.00. The van der Waals surface area contributed by atoms with Crippen molar-refractivity contribution in [3.05, 3.63) is 27.2 Å². The molecular weight excluding hydrogens is 321 g/mol. The lowest BCUT2D eigenvalue weighted by Crippen LogP contribution is -2.37. The molecule has 0 bridgehead atoms. The van der Waals surface area contributed by atoms with Crippen LogP contribution in [0.25, 0.3) is 0 Å². The maximum absolute atomic E-state index is 12.1. The van der Waals surface area contributed by atoms with Crippen LogP contribution in [0.1, 0.15) is 13.3 Å². The first-order chi connectivity index (χ1) is 8.31. The van der Waals surface area contributed by atoms with E-state index in [1.54, 1.807) is 6.92 Å². The molecule has 4 nitrogen and oxygen atoms in total. The molecule has 0 fully saturated rings. The standard InChI is InChI=1S/C10H12Cl3NO3S/c1-2-7(5-15)14-18(16,17)10-8(12)3-6(11)4-9(10)13/h3-4,7,14-15H,2,5H2,1H3. The van der Waals surface area contributed by atoms with E-state index in [1.807, 2.05) is 0 Å². The van der Waals surface area contributed by atoms with Crippen LogP contribution in [0.3, 0.4) is 0 Å². The Balaban J connectivity index is 3.21. The van der Waals surface area contributed by atoms with Gasteiger partial charge in [0.1, 0.15) is 4.90 Å². The lowest BCUT2D eigenvalue weighted by molar-refractivity contribution is 0.254. The van der Waals surface area contributed by atoms with Gasteiger partial charge in [0.15, 0.2) is 0 Å². The summed E-state index contributed by atoms with van der Waals surface area (Å²) in [5.74, 6) is 0. The van der Waals surface area contributed by atoms with Crippen LogP contribution in [-0.2, 0) is 10.0 Å². The Morgan fingerprint density at radius 2 is 1.78 bits per heavy atom. The van der Waals surface area contributed by atoms with Crippen molar-refractivity contribution in [1.82, 2.24) is 4.72 Å². The average Bonchev–Trinajstić information content (AvgIpc) is 2.23. The van der Waals surface area contributed by atoms with Crippen LogP contribution in [0.15, 0.2) is 17.0 Å². The monoisotopic (exact) mass is 331 g/mol. The molecule has 0 heterocycles. The fourth-order valence-electron chi connectivity index (χ4n) is 1.31. The van der Waals surface area contributed by atoms with Gasteiger partial charge in [-0.25, -0.2) is 13.1 Å². The third-order valence-electron chi connectivity index (χ3n) is 2.27.